The van der Waals surface area contributed by atoms with Crippen LogP contribution in [0, 0.1) is 6.92 Å². The Hall–Kier alpha value is -2.07. The number of halogens is 1. The molecule has 1 aromatic heterocycles. The largest absolute Gasteiger partial charge is 0.370 e. The maximum absolute atomic E-state index is 12.2. The lowest BCUT2D eigenvalue weighted by Crippen LogP contribution is -2.19. The number of aromatic nitrogens is 1. The summed E-state index contributed by atoms with van der Waals surface area (Å²) >= 11 is 6.06. The van der Waals surface area contributed by atoms with E-state index in [4.69, 9.17) is 11.6 Å². The van der Waals surface area contributed by atoms with Crippen LogP contribution in [0.25, 0.3) is 0 Å². The van der Waals surface area contributed by atoms with E-state index >= 15 is 0 Å². The van der Waals surface area contributed by atoms with Crippen molar-refractivity contribution in [2.75, 3.05) is 23.3 Å². The lowest BCUT2D eigenvalue weighted by Gasteiger charge is -2.17. The third kappa shape index (κ3) is 3.22. The summed E-state index contributed by atoms with van der Waals surface area (Å²) in [4.78, 5) is 18.8. The van der Waals surface area contributed by atoms with Gasteiger partial charge in [-0.3, -0.25) is 4.79 Å². The summed E-state index contributed by atoms with van der Waals surface area (Å²) in [7, 11) is 0. The number of aryl methyl sites for hydroxylation is 1. The molecule has 22 heavy (non-hydrogen) atoms. The van der Waals surface area contributed by atoms with Crippen LogP contribution >= 0.6 is 11.6 Å². The first-order valence-corrected chi connectivity index (χ1v) is 7.80. The minimum Gasteiger partial charge on any atom is -0.370 e. The topological polar surface area (TPSA) is 45.2 Å². The third-order valence-corrected chi connectivity index (χ3v) is 4.29. The lowest BCUT2D eigenvalue weighted by molar-refractivity contribution is 0.102. The van der Waals surface area contributed by atoms with Crippen molar-refractivity contribution in [1.29, 1.82) is 0 Å². The molecule has 0 radical (unpaired) electrons. The number of amides is 1. The van der Waals surface area contributed by atoms with Crippen molar-refractivity contribution >= 4 is 28.9 Å². The molecule has 0 spiro atoms. The molecule has 1 aliphatic heterocycles. The zero-order valence-electron chi connectivity index (χ0n) is 12.5. The quantitative estimate of drug-likeness (QED) is 0.934. The molecule has 0 unspecified atom stereocenters. The molecule has 114 valence electrons. The van der Waals surface area contributed by atoms with Gasteiger partial charge >= 0.3 is 0 Å². The maximum Gasteiger partial charge on any atom is 0.274 e. The van der Waals surface area contributed by atoms with Crippen molar-refractivity contribution in [2.45, 2.75) is 19.8 Å². The van der Waals surface area contributed by atoms with Crippen molar-refractivity contribution in [3.05, 3.63) is 52.8 Å². The highest BCUT2D eigenvalue weighted by Crippen LogP contribution is 2.21. The van der Waals surface area contributed by atoms with E-state index in [9.17, 15) is 4.79 Å². The van der Waals surface area contributed by atoms with Crippen molar-refractivity contribution in [3.63, 3.8) is 0 Å². The number of hydrogen-bond acceptors (Lipinski definition) is 3. The van der Waals surface area contributed by atoms with Gasteiger partial charge in [-0.1, -0.05) is 17.7 Å². The SMILES string of the molecule is Cc1ccc(NC(=O)c2ccc(N3CCCC3)cn2)cc1Cl. The molecule has 3 rings (SSSR count). The Labute approximate surface area is 135 Å². The summed E-state index contributed by atoms with van der Waals surface area (Å²) in [6.45, 7) is 4.05. The Morgan fingerprint density at radius 1 is 1.23 bits per heavy atom. The summed E-state index contributed by atoms with van der Waals surface area (Å²) in [5.74, 6) is -0.229. The summed E-state index contributed by atoms with van der Waals surface area (Å²) in [5.41, 5.74) is 3.13. The molecule has 1 aliphatic rings. The van der Waals surface area contributed by atoms with Gasteiger partial charge in [0.1, 0.15) is 5.69 Å². The highest BCUT2D eigenvalue weighted by Gasteiger charge is 2.14. The van der Waals surface area contributed by atoms with Crippen molar-refractivity contribution in [3.8, 4) is 0 Å². The number of anilines is 2. The van der Waals surface area contributed by atoms with E-state index < -0.39 is 0 Å². The molecule has 1 N–H and O–H groups in total. The Kier molecular flexibility index (Phi) is 4.29. The van der Waals surface area contributed by atoms with E-state index in [1.807, 2.05) is 25.1 Å². The first kappa shape index (κ1) is 14.9. The van der Waals surface area contributed by atoms with Crippen molar-refractivity contribution in [2.24, 2.45) is 0 Å². The normalized spacial score (nSPS) is 14.2. The molecule has 2 heterocycles. The smallest absolute Gasteiger partial charge is 0.274 e. The predicted octanol–water partition coefficient (Wildman–Crippen LogP) is 3.90. The molecule has 5 heteroatoms. The Morgan fingerprint density at radius 2 is 2.00 bits per heavy atom. The summed E-state index contributed by atoms with van der Waals surface area (Å²) in [5, 5.41) is 3.45. The van der Waals surface area contributed by atoms with Crippen LogP contribution in [-0.4, -0.2) is 24.0 Å². The van der Waals surface area contributed by atoms with Gasteiger partial charge in [0.15, 0.2) is 0 Å². The van der Waals surface area contributed by atoms with Gasteiger partial charge in [0.2, 0.25) is 0 Å². The van der Waals surface area contributed by atoms with Gasteiger partial charge in [0, 0.05) is 23.8 Å². The molecule has 1 saturated heterocycles. The number of nitrogens with one attached hydrogen (secondary N) is 1. The van der Waals surface area contributed by atoms with E-state index in [1.54, 1.807) is 18.3 Å². The fraction of sp³-hybridized carbons (Fsp3) is 0.294. The predicted molar refractivity (Wildman–Crippen MR) is 89.8 cm³/mol. The van der Waals surface area contributed by atoms with Crippen LogP contribution < -0.4 is 10.2 Å². The first-order chi connectivity index (χ1) is 10.6. The summed E-state index contributed by atoms with van der Waals surface area (Å²) in [6.07, 6.45) is 4.20. The minimum atomic E-state index is -0.229. The Balaban J connectivity index is 1.70. The Bertz CT molecular complexity index is 679. The number of nitrogens with zero attached hydrogens (tertiary/aromatic N) is 2. The van der Waals surface area contributed by atoms with E-state index in [0.717, 1.165) is 24.3 Å². The number of carbonyl (C=O) groups excluding carboxylic acids is 1. The number of carbonyl (C=O) groups is 1. The van der Waals surface area contributed by atoms with Crippen LogP contribution in [0.2, 0.25) is 5.02 Å². The van der Waals surface area contributed by atoms with Crippen LogP contribution in [0.15, 0.2) is 36.5 Å². The molecule has 1 aromatic carbocycles. The zero-order valence-corrected chi connectivity index (χ0v) is 13.2. The fourth-order valence-electron chi connectivity index (χ4n) is 2.55. The molecule has 0 aliphatic carbocycles. The van der Waals surface area contributed by atoms with Crippen LogP contribution in [0.3, 0.4) is 0 Å². The van der Waals surface area contributed by atoms with Gasteiger partial charge in [-0.05, 0) is 49.6 Å². The standard InChI is InChI=1S/C17H18ClN3O/c1-12-4-5-13(10-15(12)18)20-17(22)16-7-6-14(11-19-16)21-8-2-3-9-21/h4-7,10-11H,2-3,8-9H2,1H3,(H,20,22). The Morgan fingerprint density at radius 3 is 2.64 bits per heavy atom. The van der Waals surface area contributed by atoms with Crippen LogP contribution in [0.5, 0.6) is 0 Å². The third-order valence-electron chi connectivity index (χ3n) is 3.88. The fourth-order valence-corrected chi connectivity index (χ4v) is 2.73. The number of pyridine rings is 1. The van der Waals surface area contributed by atoms with E-state index in [-0.39, 0.29) is 5.91 Å². The van der Waals surface area contributed by atoms with Crippen LogP contribution in [0.4, 0.5) is 11.4 Å². The van der Waals surface area contributed by atoms with Crippen LogP contribution in [-0.2, 0) is 0 Å². The average Bonchev–Trinajstić information content (AvgIpc) is 3.05. The van der Waals surface area contributed by atoms with Gasteiger partial charge < -0.3 is 10.2 Å². The molecule has 1 fully saturated rings. The highest BCUT2D eigenvalue weighted by atomic mass is 35.5. The first-order valence-electron chi connectivity index (χ1n) is 7.42. The second kappa shape index (κ2) is 6.36. The van der Waals surface area contributed by atoms with E-state index in [2.05, 4.69) is 15.2 Å². The molecule has 1 amide bonds. The second-order valence-electron chi connectivity index (χ2n) is 5.51. The zero-order chi connectivity index (χ0) is 15.5. The van der Waals surface area contributed by atoms with E-state index in [0.29, 0.717) is 16.4 Å². The van der Waals surface area contributed by atoms with Gasteiger partial charge in [-0.2, -0.15) is 0 Å². The summed E-state index contributed by atoms with van der Waals surface area (Å²) in [6, 6.07) is 9.17. The van der Waals surface area contributed by atoms with Crippen molar-refractivity contribution in [1.82, 2.24) is 4.98 Å². The molecular formula is C17H18ClN3O. The van der Waals surface area contributed by atoms with Crippen molar-refractivity contribution < 1.29 is 4.79 Å². The molecule has 0 saturated carbocycles. The highest BCUT2D eigenvalue weighted by molar-refractivity contribution is 6.31. The summed E-state index contributed by atoms with van der Waals surface area (Å²) < 4.78 is 0. The molecule has 0 atom stereocenters. The number of rotatable bonds is 3. The van der Waals surface area contributed by atoms with Gasteiger partial charge in [-0.25, -0.2) is 4.98 Å². The van der Waals surface area contributed by atoms with E-state index in [1.165, 1.54) is 12.8 Å². The van der Waals surface area contributed by atoms with Gasteiger partial charge in [0.05, 0.1) is 11.9 Å². The van der Waals surface area contributed by atoms with Crippen LogP contribution in [0.1, 0.15) is 28.9 Å². The number of hydrogen-bond donors (Lipinski definition) is 1. The van der Waals surface area contributed by atoms with Gasteiger partial charge in [-0.15, -0.1) is 0 Å². The molecule has 4 nitrogen and oxygen atoms in total. The average molecular weight is 316 g/mol. The monoisotopic (exact) mass is 315 g/mol. The maximum atomic E-state index is 12.2. The molecule has 0 bridgehead atoms. The van der Waals surface area contributed by atoms with Gasteiger partial charge in [0.25, 0.3) is 5.91 Å². The lowest BCUT2D eigenvalue weighted by atomic mass is 10.2. The molecule has 2 aromatic rings. The minimum absolute atomic E-state index is 0.229. The molecular weight excluding hydrogens is 298 g/mol. The number of benzene rings is 1. The second-order valence-corrected chi connectivity index (χ2v) is 5.92.